The van der Waals surface area contributed by atoms with E-state index in [-0.39, 0.29) is 5.56 Å². The Hall–Kier alpha value is -1.16. The molecule has 0 N–H and O–H groups in total. The van der Waals surface area contributed by atoms with Crippen LogP contribution in [0.1, 0.15) is 12.8 Å². The molecule has 0 saturated heterocycles. The van der Waals surface area contributed by atoms with Gasteiger partial charge in [0.05, 0.1) is 11.6 Å². The SMILES string of the molecule is O=c1c2ccccc2cnn1CCCCBr. The largest absolute Gasteiger partial charge is 0.274 e. The highest BCUT2D eigenvalue weighted by Gasteiger charge is 2.02. The molecule has 0 fully saturated rings. The van der Waals surface area contributed by atoms with Crippen molar-refractivity contribution < 1.29 is 0 Å². The topological polar surface area (TPSA) is 34.9 Å². The van der Waals surface area contributed by atoms with Gasteiger partial charge in [-0.05, 0) is 18.9 Å². The number of aryl methyl sites for hydroxylation is 1. The van der Waals surface area contributed by atoms with Crippen molar-refractivity contribution in [2.24, 2.45) is 0 Å². The molecule has 1 heterocycles. The van der Waals surface area contributed by atoms with E-state index in [1.54, 1.807) is 10.9 Å². The zero-order valence-corrected chi connectivity index (χ0v) is 10.5. The number of unbranched alkanes of at least 4 members (excludes halogenated alkanes) is 1. The highest BCUT2D eigenvalue weighted by molar-refractivity contribution is 9.09. The van der Waals surface area contributed by atoms with Crippen LogP contribution in [0.3, 0.4) is 0 Å². The van der Waals surface area contributed by atoms with Gasteiger partial charge in [0.15, 0.2) is 0 Å². The smallest absolute Gasteiger partial charge is 0.267 e. The Labute approximate surface area is 102 Å². The normalized spacial score (nSPS) is 10.8. The third kappa shape index (κ3) is 2.32. The minimum absolute atomic E-state index is 0.00710. The number of fused-ring (bicyclic) bond motifs is 1. The Morgan fingerprint density at radius 1 is 1.25 bits per heavy atom. The number of hydrogen-bond acceptors (Lipinski definition) is 2. The molecule has 0 aliphatic carbocycles. The van der Waals surface area contributed by atoms with Crippen LogP contribution in [-0.4, -0.2) is 15.1 Å². The molecule has 1 aromatic heterocycles. The van der Waals surface area contributed by atoms with E-state index < -0.39 is 0 Å². The predicted molar refractivity (Wildman–Crippen MR) is 69.0 cm³/mol. The van der Waals surface area contributed by atoms with Crippen LogP contribution in [0.4, 0.5) is 0 Å². The van der Waals surface area contributed by atoms with Gasteiger partial charge < -0.3 is 0 Å². The summed E-state index contributed by atoms with van der Waals surface area (Å²) in [5, 5.41) is 6.79. The van der Waals surface area contributed by atoms with Gasteiger partial charge in [-0.15, -0.1) is 0 Å². The van der Waals surface area contributed by atoms with Gasteiger partial charge >= 0.3 is 0 Å². The Morgan fingerprint density at radius 3 is 2.88 bits per heavy atom. The third-order valence-electron chi connectivity index (χ3n) is 2.52. The zero-order chi connectivity index (χ0) is 11.4. The van der Waals surface area contributed by atoms with E-state index >= 15 is 0 Å². The first-order valence-corrected chi connectivity index (χ1v) is 6.46. The maximum absolute atomic E-state index is 12.0. The average Bonchev–Trinajstić information content (AvgIpc) is 2.33. The number of aromatic nitrogens is 2. The number of hydrogen-bond donors (Lipinski definition) is 0. The second-order valence-corrected chi connectivity index (χ2v) is 4.45. The van der Waals surface area contributed by atoms with Crippen LogP contribution in [0.2, 0.25) is 0 Å². The van der Waals surface area contributed by atoms with Gasteiger partial charge in [0.2, 0.25) is 0 Å². The minimum atomic E-state index is 0.00710. The Bertz CT molecular complexity index is 536. The lowest BCUT2D eigenvalue weighted by Gasteiger charge is -2.04. The van der Waals surface area contributed by atoms with Crippen molar-refractivity contribution in [3.63, 3.8) is 0 Å². The lowest BCUT2D eigenvalue weighted by atomic mass is 10.2. The summed E-state index contributed by atoms with van der Waals surface area (Å²) in [6.07, 6.45) is 3.78. The van der Waals surface area contributed by atoms with E-state index in [1.165, 1.54) is 0 Å². The van der Waals surface area contributed by atoms with Gasteiger partial charge in [0.1, 0.15) is 0 Å². The van der Waals surface area contributed by atoms with Gasteiger partial charge in [-0.1, -0.05) is 34.1 Å². The lowest BCUT2D eigenvalue weighted by molar-refractivity contribution is 0.550. The molecule has 2 rings (SSSR count). The Kier molecular flexibility index (Phi) is 3.72. The highest BCUT2D eigenvalue weighted by atomic mass is 79.9. The summed E-state index contributed by atoms with van der Waals surface area (Å²) in [5.41, 5.74) is 0.00710. The van der Waals surface area contributed by atoms with Crippen LogP contribution in [0, 0.1) is 0 Å². The van der Waals surface area contributed by atoms with Gasteiger partial charge in [-0.3, -0.25) is 4.79 Å². The zero-order valence-electron chi connectivity index (χ0n) is 8.90. The lowest BCUT2D eigenvalue weighted by Crippen LogP contribution is -2.22. The molecular weight excluding hydrogens is 268 g/mol. The summed E-state index contributed by atoms with van der Waals surface area (Å²) in [4.78, 5) is 12.0. The number of benzene rings is 1. The number of nitrogens with zero attached hydrogens (tertiary/aromatic N) is 2. The van der Waals surface area contributed by atoms with Gasteiger partial charge in [0.25, 0.3) is 5.56 Å². The van der Waals surface area contributed by atoms with E-state index in [9.17, 15) is 4.79 Å². The number of rotatable bonds is 4. The second kappa shape index (κ2) is 5.25. The summed E-state index contributed by atoms with van der Waals surface area (Å²) in [6.45, 7) is 0.690. The second-order valence-electron chi connectivity index (χ2n) is 3.66. The van der Waals surface area contributed by atoms with Crippen LogP contribution >= 0.6 is 15.9 Å². The maximum atomic E-state index is 12.0. The minimum Gasteiger partial charge on any atom is -0.267 e. The molecule has 0 saturated carbocycles. The van der Waals surface area contributed by atoms with Crippen LogP contribution in [0.5, 0.6) is 0 Å². The number of alkyl halides is 1. The van der Waals surface area contributed by atoms with Crippen LogP contribution < -0.4 is 5.56 Å². The third-order valence-corrected chi connectivity index (χ3v) is 3.08. The molecule has 0 spiro atoms. The molecule has 0 atom stereocenters. The van der Waals surface area contributed by atoms with Crippen molar-refractivity contribution in [3.8, 4) is 0 Å². The highest BCUT2D eigenvalue weighted by Crippen LogP contribution is 2.06. The molecule has 2 aromatic rings. The quantitative estimate of drug-likeness (QED) is 0.637. The molecule has 0 amide bonds. The van der Waals surface area contributed by atoms with Crippen LogP contribution in [0.15, 0.2) is 35.3 Å². The van der Waals surface area contributed by atoms with Crippen LogP contribution in [-0.2, 0) is 6.54 Å². The van der Waals surface area contributed by atoms with E-state index in [1.807, 2.05) is 24.3 Å². The predicted octanol–water partition coefficient (Wildman–Crippen LogP) is 2.57. The van der Waals surface area contributed by atoms with Crippen molar-refractivity contribution in [3.05, 3.63) is 40.8 Å². The molecule has 84 valence electrons. The van der Waals surface area contributed by atoms with Gasteiger partial charge in [-0.2, -0.15) is 5.10 Å². The molecule has 0 aliphatic rings. The summed E-state index contributed by atoms with van der Waals surface area (Å²) in [6, 6.07) is 7.55. The molecule has 3 nitrogen and oxygen atoms in total. The molecule has 16 heavy (non-hydrogen) atoms. The molecule has 0 bridgehead atoms. The fourth-order valence-electron chi connectivity index (χ4n) is 1.64. The molecule has 0 radical (unpaired) electrons. The van der Waals surface area contributed by atoms with E-state index in [4.69, 9.17) is 0 Å². The van der Waals surface area contributed by atoms with Crippen molar-refractivity contribution in [1.29, 1.82) is 0 Å². The maximum Gasteiger partial charge on any atom is 0.274 e. The van der Waals surface area contributed by atoms with Crippen LogP contribution in [0.25, 0.3) is 10.8 Å². The standard InChI is InChI=1S/C12H13BrN2O/c13-7-3-4-8-15-12(16)11-6-2-1-5-10(11)9-14-15/h1-2,5-6,9H,3-4,7-8H2. The Balaban J connectivity index is 2.33. The van der Waals surface area contributed by atoms with Gasteiger partial charge in [-0.25, -0.2) is 4.68 Å². The molecule has 0 aliphatic heterocycles. The molecule has 0 unspecified atom stereocenters. The molecule has 1 aromatic carbocycles. The monoisotopic (exact) mass is 280 g/mol. The summed E-state index contributed by atoms with van der Waals surface area (Å²) < 4.78 is 1.55. The van der Waals surface area contributed by atoms with E-state index in [0.717, 1.165) is 28.9 Å². The molecular formula is C12H13BrN2O. The van der Waals surface area contributed by atoms with E-state index in [0.29, 0.717) is 6.54 Å². The van der Waals surface area contributed by atoms with Gasteiger partial charge in [0, 0.05) is 17.3 Å². The van der Waals surface area contributed by atoms with Crippen molar-refractivity contribution in [1.82, 2.24) is 9.78 Å². The first-order chi connectivity index (χ1) is 7.83. The summed E-state index contributed by atoms with van der Waals surface area (Å²) in [7, 11) is 0. The molecule has 4 heteroatoms. The fourth-order valence-corrected chi connectivity index (χ4v) is 2.04. The first-order valence-electron chi connectivity index (χ1n) is 5.34. The average molecular weight is 281 g/mol. The Morgan fingerprint density at radius 2 is 2.06 bits per heavy atom. The summed E-state index contributed by atoms with van der Waals surface area (Å²) in [5.74, 6) is 0. The van der Waals surface area contributed by atoms with Crippen molar-refractivity contribution in [2.45, 2.75) is 19.4 Å². The fraction of sp³-hybridized carbons (Fsp3) is 0.333. The van der Waals surface area contributed by atoms with Crippen molar-refractivity contribution in [2.75, 3.05) is 5.33 Å². The van der Waals surface area contributed by atoms with E-state index in [2.05, 4.69) is 21.0 Å². The summed E-state index contributed by atoms with van der Waals surface area (Å²) >= 11 is 3.37. The van der Waals surface area contributed by atoms with Crippen molar-refractivity contribution >= 4 is 26.7 Å². The number of halogens is 1. The first kappa shape index (κ1) is 11.3.